The first kappa shape index (κ1) is 9.05. The number of carboxylic acid groups (broad SMARTS) is 1. The standard InChI is InChI=1S/C8H8N2O3/c9-7(11)5-3-1-2-4-6(5)10-8(12)13/h1-4,10H,(H2,9,11)(H,12,13). The molecule has 13 heavy (non-hydrogen) atoms. The maximum absolute atomic E-state index is 10.8. The van der Waals surface area contributed by atoms with Gasteiger partial charge in [-0.25, -0.2) is 4.79 Å². The second-order valence-electron chi connectivity index (χ2n) is 2.34. The number of primary amides is 1. The Labute approximate surface area is 74.2 Å². The molecule has 0 saturated carbocycles. The van der Waals surface area contributed by atoms with Gasteiger partial charge in [0.15, 0.2) is 0 Å². The van der Waals surface area contributed by atoms with Gasteiger partial charge in [-0.05, 0) is 12.1 Å². The normalized spacial score (nSPS) is 9.23. The summed E-state index contributed by atoms with van der Waals surface area (Å²) < 4.78 is 0. The molecule has 0 fully saturated rings. The van der Waals surface area contributed by atoms with Crippen LogP contribution in [-0.4, -0.2) is 17.1 Å². The van der Waals surface area contributed by atoms with Gasteiger partial charge in [-0.15, -0.1) is 0 Å². The van der Waals surface area contributed by atoms with Crippen LogP contribution in [0, 0.1) is 0 Å². The zero-order valence-corrected chi connectivity index (χ0v) is 6.65. The largest absolute Gasteiger partial charge is 0.465 e. The molecule has 2 amide bonds. The van der Waals surface area contributed by atoms with Gasteiger partial charge in [-0.2, -0.15) is 0 Å². The van der Waals surface area contributed by atoms with Crippen LogP contribution in [0.5, 0.6) is 0 Å². The average molecular weight is 180 g/mol. The van der Waals surface area contributed by atoms with Crippen molar-refractivity contribution >= 4 is 17.7 Å². The highest BCUT2D eigenvalue weighted by molar-refractivity contribution is 6.01. The van der Waals surface area contributed by atoms with Gasteiger partial charge in [-0.3, -0.25) is 10.1 Å². The van der Waals surface area contributed by atoms with Crippen LogP contribution in [0.4, 0.5) is 10.5 Å². The number of hydrogen-bond donors (Lipinski definition) is 3. The van der Waals surface area contributed by atoms with Crippen LogP contribution < -0.4 is 11.1 Å². The number of para-hydroxylation sites is 1. The predicted molar refractivity (Wildman–Crippen MR) is 46.6 cm³/mol. The van der Waals surface area contributed by atoms with E-state index in [-0.39, 0.29) is 11.3 Å². The average Bonchev–Trinajstić information content (AvgIpc) is 2.03. The van der Waals surface area contributed by atoms with Gasteiger partial charge >= 0.3 is 6.09 Å². The molecule has 0 aliphatic carbocycles. The number of amides is 2. The Balaban J connectivity index is 3.04. The predicted octanol–water partition coefficient (Wildman–Crippen LogP) is 0.875. The SMILES string of the molecule is NC(=O)c1ccccc1NC(=O)O. The lowest BCUT2D eigenvalue weighted by Gasteiger charge is -2.04. The first-order valence-electron chi connectivity index (χ1n) is 3.50. The molecule has 0 heterocycles. The zero-order valence-electron chi connectivity index (χ0n) is 6.65. The highest BCUT2D eigenvalue weighted by atomic mass is 16.4. The van der Waals surface area contributed by atoms with Crippen LogP contribution in [-0.2, 0) is 0 Å². The van der Waals surface area contributed by atoms with Gasteiger partial charge in [0.05, 0.1) is 11.3 Å². The van der Waals surface area contributed by atoms with E-state index in [4.69, 9.17) is 10.8 Å². The summed E-state index contributed by atoms with van der Waals surface area (Å²) in [6.07, 6.45) is -1.23. The van der Waals surface area contributed by atoms with E-state index in [1.54, 1.807) is 12.1 Å². The van der Waals surface area contributed by atoms with E-state index in [1.165, 1.54) is 12.1 Å². The van der Waals surface area contributed by atoms with E-state index in [0.717, 1.165) is 0 Å². The van der Waals surface area contributed by atoms with Gasteiger partial charge < -0.3 is 10.8 Å². The number of nitrogens with one attached hydrogen (secondary N) is 1. The number of carbonyl (C=O) groups is 2. The lowest BCUT2D eigenvalue weighted by molar-refractivity contribution is 0.100. The molecule has 5 heteroatoms. The highest BCUT2D eigenvalue weighted by Crippen LogP contribution is 2.13. The Morgan fingerprint density at radius 1 is 1.31 bits per heavy atom. The van der Waals surface area contributed by atoms with Crippen LogP contribution in [0.25, 0.3) is 0 Å². The molecular formula is C8H8N2O3. The summed E-state index contributed by atoms with van der Waals surface area (Å²) in [6, 6.07) is 6.13. The van der Waals surface area contributed by atoms with Crippen LogP contribution in [0.2, 0.25) is 0 Å². The van der Waals surface area contributed by atoms with Crippen molar-refractivity contribution in [1.82, 2.24) is 0 Å². The highest BCUT2D eigenvalue weighted by Gasteiger charge is 2.08. The van der Waals surface area contributed by atoms with E-state index in [1.807, 2.05) is 0 Å². The van der Waals surface area contributed by atoms with E-state index in [9.17, 15) is 9.59 Å². The molecular weight excluding hydrogens is 172 g/mol. The Morgan fingerprint density at radius 3 is 2.46 bits per heavy atom. The van der Waals surface area contributed by atoms with Crippen LogP contribution in [0.3, 0.4) is 0 Å². The summed E-state index contributed by atoms with van der Waals surface area (Å²) in [5, 5.41) is 10.5. The van der Waals surface area contributed by atoms with Gasteiger partial charge in [0.2, 0.25) is 0 Å². The molecule has 1 aromatic rings. The first-order valence-corrected chi connectivity index (χ1v) is 3.50. The number of anilines is 1. The summed E-state index contributed by atoms with van der Waals surface area (Å²) >= 11 is 0. The summed E-state index contributed by atoms with van der Waals surface area (Å²) in [4.78, 5) is 21.1. The zero-order chi connectivity index (χ0) is 9.84. The first-order chi connectivity index (χ1) is 6.11. The van der Waals surface area contributed by atoms with Crippen molar-refractivity contribution in [2.75, 3.05) is 5.32 Å². The third-order valence-electron chi connectivity index (χ3n) is 1.43. The molecule has 68 valence electrons. The van der Waals surface area contributed by atoms with Crippen LogP contribution in [0.1, 0.15) is 10.4 Å². The number of hydrogen-bond acceptors (Lipinski definition) is 2. The number of nitrogens with two attached hydrogens (primary N) is 1. The van der Waals surface area contributed by atoms with Crippen molar-refractivity contribution in [3.63, 3.8) is 0 Å². The van der Waals surface area contributed by atoms with E-state index in [2.05, 4.69) is 5.32 Å². The number of rotatable bonds is 2. The van der Waals surface area contributed by atoms with E-state index >= 15 is 0 Å². The number of carbonyl (C=O) groups excluding carboxylic acids is 1. The fraction of sp³-hybridized carbons (Fsp3) is 0. The molecule has 0 unspecified atom stereocenters. The molecule has 0 aliphatic heterocycles. The van der Waals surface area contributed by atoms with Gasteiger partial charge in [0, 0.05) is 0 Å². The quantitative estimate of drug-likeness (QED) is 0.630. The van der Waals surface area contributed by atoms with E-state index < -0.39 is 12.0 Å². The van der Waals surface area contributed by atoms with Crippen molar-refractivity contribution in [3.8, 4) is 0 Å². The molecule has 0 atom stereocenters. The molecule has 0 aromatic heterocycles. The molecule has 4 N–H and O–H groups in total. The summed E-state index contributed by atoms with van der Waals surface area (Å²) in [5.74, 6) is -0.663. The van der Waals surface area contributed by atoms with Crippen LogP contribution >= 0.6 is 0 Å². The molecule has 5 nitrogen and oxygen atoms in total. The second-order valence-corrected chi connectivity index (χ2v) is 2.34. The number of benzene rings is 1. The van der Waals surface area contributed by atoms with E-state index in [0.29, 0.717) is 0 Å². The third-order valence-corrected chi connectivity index (χ3v) is 1.43. The maximum atomic E-state index is 10.8. The molecule has 0 spiro atoms. The molecule has 1 rings (SSSR count). The molecule has 0 bridgehead atoms. The Kier molecular flexibility index (Phi) is 2.49. The summed E-state index contributed by atoms with van der Waals surface area (Å²) in [5.41, 5.74) is 5.37. The Hall–Kier alpha value is -2.04. The lowest BCUT2D eigenvalue weighted by atomic mass is 10.2. The van der Waals surface area contributed by atoms with Gasteiger partial charge in [-0.1, -0.05) is 12.1 Å². The minimum atomic E-state index is -1.23. The second kappa shape index (κ2) is 3.57. The van der Waals surface area contributed by atoms with Gasteiger partial charge in [0.1, 0.15) is 0 Å². The van der Waals surface area contributed by atoms with Crippen molar-refractivity contribution in [2.24, 2.45) is 5.73 Å². The smallest absolute Gasteiger partial charge is 0.409 e. The maximum Gasteiger partial charge on any atom is 0.409 e. The summed E-state index contributed by atoms with van der Waals surface area (Å²) in [6.45, 7) is 0. The third kappa shape index (κ3) is 2.19. The lowest BCUT2D eigenvalue weighted by Crippen LogP contribution is -2.16. The molecule has 0 radical (unpaired) electrons. The summed E-state index contributed by atoms with van der Waals surface area (Å²) in [7, 11) is 0. The molecule has 0 saturated heterocycles. The van der Waals surface area contributed by atoms with Crippen molar-refractivity contribution in [1.29, 1.82) is 0 Å². The minimum absolute atomic E-state index is 0.157. The monoisotopic (exact) mass is 180 g/mol. The Morgan fingerprint density at radius 2 is 1.92 bits per heavy atom. The van der Waals surface area contributed by atoms with Crippen LogP contribution in [0.15, 0.2) is 24.3 Å². The van der Waals surface area contributed by atoms with Crippen molar-refractivity contribution in [2.45, 2.75) is 0 Å². The molecule has 1 aromatic carbocycles. The molecule has 0 aliphatic rings. The van der Waals surface area contributed by atoms with Gasteiger partial charge in [0.25, 0.3) is 5.91 Å². The fourth-order valence-corrected chi connectivity index (χ4v) is 0.922. The van der Waals surface area contributed by atoms with Crippen molar-refractivity contribution < 1.29 is 14.7 Å². The Bertz CT molecular complexity index is 349. The minimum Gasteiger partial charge on any atom is -0.465 e. The topological polar surface area (TPSA) is 92.4 Å². The fourth-order valence-electron chi connectivity index (χ4n) is 0.922. The van der Waals surface area contributed by atoms with Crippen molar-refractivity contribution in [3.05, 3.63) is 29.8 Å².